The van der Waals surface area contributed by atoms with Crippen LogP contribution in [0.15, 0.2) is 144 Å². The summed E-state index contributed by atoms with van der Waals surface area (Å²) < 4.78 is 1.14. The van der Waals surface area contributed by atoms with Crippen molar-refractivity contribution in [2.45, 2.75) is 35.6 Å². The second-order valence-corrected chi connectivity index (χ2v) is 15.0. The number of hydrogen-bond acceptors (Lipinski definition) is 0. The first-order valence-corrected chi connectivity index (χ1v) is 17.2. The van der Waals surface area contributed by atoms with Gasteiger partial charge in [-0.15, -0.1) is 0 Å². The molecular weight excluding hydrogens is 575 g/mol. The first-order valence-electron chi connectivity index (χ1n) is 13.9. The molecule has 0 saturated carbocycles. The van der Waals surface area contributed by atoms with Crippen molar-refractivity contribution in [3.05, 3.63) is 166 Å². The molecule has 0 heterocycles. The fraction of sp³-hybridized carbons (Fsp3) is 0.158. The summed E-state index contributed by atoms with van der Waals surface area (Å²) in [6.45, 7) is 9.65. The van der Waals surface area contributed by atoms with Crippen molar-refractivity contribution in [3.63, 3.8) is 0 Å². The van der Waals surface area contributed by atoms with Crippen molar-refractivity contribution >= 4 is 43.4 Å². The average molecular weight is 609 g/mol. The number of rotatable bonds is 6. The molecule has 6 rings (SSSR count). The Hall–Kier alpha value is -3.36. The third-order valence-corrected chi connectivity index (χ3v) is 15.2. The molecule has 2 aliphatic carbocycles. The predicted octanol–water partition coefficient (Wildman–Crippen LogP) is 10.2. The van der Waals surface area contributed by atoms with Crippen LogP contribution in [0.1, 0.15) is 49.9 Å². The summed E-state index contributed by atoms with van der Waals surface area (Å²) in [5.41, 5.74) is 17.5. The Morgan fingerprint density at radius 1 is 0.333 bits per heavy atom. The molecule has 0 nitrogen and oxygen atoms in total. The van der Waals surface area contributed by atoms with E-state index in [0.717, 1.165) is 0 Å². The molecule has 0 fully saturated rings. The molecule has 0 aromatic heterocycles. The van der Waals surface area contributed by atoms with Crippen molar-refractivity contribution in [2.24, 2.45) is 0 Å². The second kappa shape index (κ2) is 11.0. The van der Waals surface area contributed by atoms with Crippen LogP contribution in [0.25, 0.3) is 22.3 Å². The van der Waals surface area contributed by atoms with Gasteiger partial charge in [0, 0.05) is 0 Å². The van der Waals surface area contributed by atoms with Gasteiger partial charge in [-0.2, -0.15) is 0 Å². The van der Waals surface area contributed by atoms with Crippen LogP contribution < -0.4 is 0 Å². The van der Waals surface area contributed by atoms with E-state index in [1.807, 2.05) is 0 Å². The minimum atomic E-state index is -0.984. The van der Waals surface area contributed by atoms with Crippen LogP contribution in [0.5, 0.6) is 0 Å². The summed E-state index contributed by atoms with van der Waals surface area (Å²) in [7, 11) is 0. The van der Waals surface area contributed by atoms with Gasteiger partial charge in [0.1, 0.15) is 0 Å². The van der Waals surface area contributed by atoms with Crippen molar-refractivity contribution in [1.82, 2.24) is 0 Å². The molecule has 1 heteroatoms. The first kappa shape index (κ1) is 25.9. The fourth-order valence-corrected chi connectivity index (χ4v) is 12.0. The standard InChI is InChI=1S/2C19H17.Sn/c2*1-14-13-15(2)19(17-11-7-4-8-12-17)18(14)16-9-5-3-6-10-16;/h2*3-13H,1-2H3;. The molecule has 0 atom stereocenters. The van der Waals surface area contributed by atoms with Gasteiger partial charge in [0.2, 0.25) is 0 Å². The molecular formula is C38H34Sn. The minimum absolute atomic E-state index is 0.570. The van der Waals surface area contributed by atoms with Gasteiger partial charge in [-0.3, -0.25) is 0 Å². The van der Waals surface area contributed by atoms with Crippen LogP contribution in [0, 0.1) is 0 Å². The van der Waals surface area contributed by atoms with Crippen molar-refractivity contribution in [3.8, 4) is 0 Å². The SMILES string of the molecule is CC1=C(c2ccccc2)C(c2ccccc2)=C(C)[CH]1[Sn][CH]1C(C)=C(c2ccccc2)C(c2ccccc2)=C1C. The van der Waals surface area contributed by atoms with Crippen molar-refractivity contribution < 1.29 is 0 Å². The Bertz CT molecular complexity index is 1370. The van der Waals surface area contributed by atoms with Gasteiger partial charge in [0.15, 0.2) is 0 Å². The van der Waals surface area contributed by atoms with Crippen molar-refractivity contribution in [2.75, 3.05) is 0 Å². The third kappa shape index (κ3) is 4.70. The van der Waals surface area contributed by atoms with E-state index in [2.05, 4.69) is 149 Å². The monoisotopic (exact) mass is 610 g/mol. The summed E-state index contributed by atoms with van der Waals surface area (Å²) in [6.07, 6.45) is 0. The van der Waals surface area contributed by atoms with Gasteiger partial charge < -0.3 is 0 Å². The van der Waals surface area contributed by atoms with Crippen LogP contribution in [-0.4, -0.2) is 21.1 Å². The Kier molecular flexibility index (Phi) is 7.32. The maximum atomic E-state index is 2.41. The number of hydrogen-bond donors (Lipinski definition) is 0. The molecule has 39 heavy (non-hydrogen) atoms. The summed E-state index contributed by atoms with van der Waals surface area (Å²) in [6, 6.07) is 44.2. The van der Waals surface area contributed by atoms with E-state index >= 15 is 0 Å². The molecule has 0 amide bonds. The second-order valence-electron chi connectivity index (χ2n) is 10.7. The average Bonchev–Trinajstić information content (AvgIpc) is 3.39. The summed E-state index contributed by atoms with van der Waals surface area (Å²) in [4.78, 5) is 0. The molecule has 0 aliphatic heterocycles. The molecule has 0 N–H and O–H groups in total. The van der Waals surface area contributed by atoms with E-state index in [-0.39, 0.29) is 0 Å². The van der Waals surface area contributed by atoms with Crippen LogP contribution in [0.3, 0.4) is 0 Å². The Labute approximate surface area is 243 Å². The van der Waals surface area contributed by atoms with Gasteiger partial charge in [-0.05, 0) is 0 Å². The zero-order chi connectivity index (χ0) is 26.9. The van der Waals surface area contributed by atoms with E-state index in [1.165, 1.54) is 44.5 Å². The molecule has 0 bridgehead atoms. The van der Waals surface area contributed by atoms with E-state index in [1.54, 1.807) is 22.3 Å². The molecule has 190 valence electrons. The van der Waals surface area contributed by atoms with Gasteiger partial charge in [0.05, 0.1) is 0 Å². The molecule has 0 unspecified atom stereocenters. The zero-order valence-electron chi connectivity index (χ0n) is 23.2. The first-order chi connectivity index (χ1) is 19.1. The summed E-state index contributed by atoms with van der Waals surface area (Å²) in [5.74, 6) is 0. The topological polar surface area (TPSA) is 0 Å². The number of benzene rings is 4. The van der Waals surface area contributed by atoms with Crippen LogP contribution in [0.2, 0.25) is 7.87 Å². The van der Waals surface area contributed by atoms with Gasteiger partial charge in [-0.25, -0.2) is 0 Å². The zero-order valence-corrected chi connectivity index (χ0v) is 26.1. The quantitative estimate of drug-likeness (QED) is 0.191. The summed E-state index contributed by atoms with van der Waals surface area (Å²) in [5, 5.41) is 0. The van der Waals surface area contributed by atoms with Crippen molar-refractivity contribution in [1.29, 1.82) is 0 Å². The molecule has 4 aromatic carbocycles. The molecule has 2 aliphatic rings. The normalized spacial score (nSPS) is 16.7. The molecule has 0 saturated heterocycles. The van der Waals surface area contributed by atoms with Gasteiger partial charge in [-0.1, -0.05) is 0 Å². The summed E-state index contributed by atoms with van der Waals surface area (Å²) >= 11 is -0.984. The Balaban J connectivity index is 1.49. The van der Waals surface area contributed by atoms with Crippen LogP contribution in [0.4, 0.5) is 0 Å². The molecule has 2 radical (unpaired) electrons. The van der Waals surface area contributed by atoms with E-state index in [4.69, 9.17) is 0 Å². The van der Waals surface area contributed by atoms with E-state index in [9.17, 15) is 0 Å². The Morgan fingerprint density at radius 2 is 0.538 bits per heavy atom. The third-order valence-electron chi connectivity index (χ3n) is 8.39. The maximum absolute atomic E-state index is 2.41. The van der Waals surface area contributed by atoms with E-state index in [0.29, 0.717) is 7.87 Å². The number of allylic oxidation sites excluding steroid dienone is 8. The molecule has 4 aromatic rings. The fourth-order valence-electron chi connectivity index (χ4n) is 6.59. The van der Waals surface area contributed by atoms with Gasteiger partial charge in [0.25, 0.3) is 0 Å². The van der Waals surface area contributed by atoms with Crippen LogP contribution >= 0.6 is 0 Å². The van der Waals surface area contributed by atoms with E-state index < -0.39 is 21.1 Å². The Morgan fingerprint density at radius 3 is 0.744 bits per heavy atom. The predicted molar refractivity (Wildman–Crippen MR) is 169 cm³/mol. The van der Waals surface area contributed by atoms with Crippen LogP contribution in [-0.2, 0) is 0 Å². The van der Waals surface area contributed by atoms with Gasteiger partial charge >= 0.3 is 245 Å². The molecule has 0 spiro atoms.